The van der Waals surface area contributed by atoms with Gasteiger partial charge in [-0.05, 0) is 20.4 Å². The molecular weight excluding hydrogens is 268 g/mol. The van der Waals surface area contributed by atoms with E-state index in [9.17, 15) is 0 Å². The molecule has 0 amide bonds. The smallest absolute Gasteiger partial charge is 0.361 e. The molecule has 0 aliphatic heterocycles. The van der Waals surface area contributed by atoms with Gasteiger partial charge in [0.1, 0.15) is 8.07 Å². The SMILES string of the molecule is CCO[Si](C)(/C=C/[Si](C)(C)c1ccccc1)OCC. The second-order valence-corrected chi connectivity index (χ2v) is 12.6. The molecule has 0 fully saturated rings. The fourth-order valence-electron chi connectivity index (χ4n) is 2.03. The quantitative estimate of drug-likeness (QED) is 0.718. The largest absolute Gasteiger partial charge is 0.392 e. The molecule has 0 aliphatic carbocycles. The minimum absolute atomic E-state index is 0.709. The van der Waals surface area contributed by atoms with Crippen molar-refractivity contribution in [3.63, 3.8) is 0 Å². The average Bonchev–Trinajstić information content (AvgIpc) is 2.38. The molecule has 0 radical (unpaired) electrons. The number of rotatable bonds is 7. The predicted octanol–water partition coefficient (Wildman–Crippen LogP) is 3.38. The van der Waals surface area contributed by atoms with E-state index < -0.39 is 16.6 Å². The van der Waals surface area contributed by atoms with Gasteiger partial charge < -0.3 is 8.85 Å². The summed E-state index contributed by atoms with van der Waals surface area (Å²) < 4.78 is 11.7. The van der Waals surface area contributed by atoms with Gasteiger partial charge in [-0.2, -0.15) is 0 Å². The third-order valence-corrected chi connectivity index (χ3v) is 8.83. The highest BCUT2D eigenvalue weighted by Crippen LogP contribution is 2.13. The van der Waals surface area contributed by atoms with Gasteiger partial charge in [0, 0.05) is 13.2 Å². The van der Waals surface area contributed by atoms with Gasteiger partial charge in [-0.1, -0.05) is 60.0 Å². The van der Waals surface area contributed by atoms with Gasteiger partial charge in [0.25, 0.3) is 0 Å². The molecule has 1 rings (SSSR count). The lowest BCUT2D eigenvalue weighted by Crippen LogP contribution is -2.42. The van der Waals surface area contributed by atoms with Crippen LogP contribution in [0.2, 0.25) is 19.6 Å². The third-order valence-electron chi connectivity index (χ3n) is 3.18. The Morgan fingerprint density at radius 1 is 0.895 bits per heavy atom. The molecular formula is C15H26O2Si2. The van der Waals surface area contributed by atoms with E-state index in [-0.39, 0.29) is 0 Å². The van der Waals surface area contributed by atoms with Gasteiger partial charge in [0.2, 0.25) is 0 Å². The van der Waals surface area contributed by atoms with E-state index in [1.165, 1.54) is 5.19 Å². The predicted molar refractivity (Wildman–Crippen MR) is 87.6 cm³/mol. The van der Waals surface area contributed by atoms with Crippen molar-refractivity contribution >= 4 is 21.8 Å². The van der Waals surface area contributed by atoms with Crippen LogP contribution in [0.5, 0.6) is 0 Å². The Hall–Kier alpha value is -0.686. The second-order valence-electron chi connectivity index (χ2n) is 5.30. The molecule has 0 heterocycles. The number of hydrogen-bond acceptors (Lipinski definition) is 2. The van der Waals surface area contributed by atoms with Gasteiger partial charge in [0.15, 0.2) is 0 Å². The molecule has 0 unspecified atom stereocenters. The summed E-state index contributed by atoms with van der Waals surface area (Å²) in [7, 11) is -3.69. The molecule has 0 N–H and O–H groups in total. The van der Waals surface area contributed by atoms with E-state index in [0.717, 1.165) is 0 Å². The molecule has 106 valence electrons. The summed E-state index contributed by atoms with van der Waals surface area (Å²) in [5.41, 5.74) is 4.58. The van der Waals surface area contributed by atoms with Crippen molar-refractivity contribution in [2.24, 2.45) is 0 Å². The third kappa shape index (κ3) is 5.06. The highest BCUT2D eigenvalue weighted by Gasteiger charge is 2.29. The lowest BCUT2D eigenvalue weighted by Gasteiger charge is -2.25. The van der Waals surface area contributed by atoms with E-state index in [2.05, 4.69) is 61.4 Å². The minimum atomic E-state index is -2.14. The molecule has 0 bridgehead atoms. The molecule has 1 aromatic rings. The summed E-state index contributed by atoms with van der Waals surface area (Å²) >= 11 is 0. The van der Waals surface area contributed by atoms with Crippen LogP contribution in [-0.2, 0) is 8.85 Å². The summed E-state index contributed by atoms with van der Waals surface area (Å²) in [4.78, 5) is 0. The molecule has 0 aromatic heterocycles. The van der Waals surface area contributed by atoms with E-state index in [1.54, 1.807) is 0 Å². The monoisotopic (exact) mass is 294 g/mol. The van der Waals surface area contributed by atoms with Crippen LogP contribution < -0.4 is 5.19 Å². The Morgan fingerprint density at radius 2 is 1.42 bits per heavy atom. The number of hydrogen-bond donors (Lipinski definition) is 0. The minimum Gasteiger partial charge on any atom is -0.392 e. The van der Waals surface area contributed by atoms with Gasteiger partial charge in [-0.25, -0.2) is 0 Å². The summed E-state index contributed by atoms with van der Waals surface area (Å²) in [6.45, 7) is 12.3. The van der Waals surface area contributed by atoms with Gasteiger partial charge in [-0.3, -0.25) is 0 Å². The van der Waals surface area contributed by atoms with Crippen molar-refractivity contribution in [3.05, 3.63) is 41.7 Å². The van der Waals surface area contributed by atoms with Crippen LogP contribution in [-0.4, -0.2) is 29.8 Å². The summed E-state index contributed by atoms with van der Waals surface area (Å²) in [5.74, 6) is 0. The molecule has 1 aromatic carbocycles. The van der Waals surface area contributed by atoms with Crippen molar-refractivity contribution in [3.8, 4) is 0 Å². The summed E-state index contributed by atoms with van der Waals surface area (Å²) in [6.07, 6.45) is 0. The first-order valence-electron chi connectivity index (χ1n) is 6.97. The average molecular weight is 295 g/mol. The first-order valence-corrected chi connectivity index (χ1v) is 12.4. The van der Waals surface area contributed by atoms with Crippen LogP contribution in [0.3, 0.4) is 0 Å². The van der Waals surface area contributed by atoms with Crippen molar-refractivity contribution < 1.29 is 8.85 Å². The molecule has 0 atom stereocenters. The maximum Gasteiger partial charge on any atom is 0.361 e. The van der Waals surface area contributed by atoms with E-state index >= 15 is 0 Å². The normalized spacial score (nSPS) is 13.1. The van der Waals surface area contributed by atoms with Crippen molar-refractivity contribution in [2.75, 3.05) is 13.2 Å². The van der Waals surface area contributed by atoms with Gasteiger partial charge >= 0.3 is 8.56 Å². The van der Waals surface area contributed by atoms with E-state index in [0.29, 0.717) is 13.2 Å². The molecule has 19 heavy (non-hydrogen) atoms. The van der Waals surface area contributed by atoms with E-state index in [4.69, 9.17) is 8.85 Å². The Labute approximate surface area is 119 Å². The fourth-order valence-corrected chi connectivity index (χ4v) is 7.58. The van der Waals surface area contributed by atoms with Crippen molar-refractivity contribution in [1.29, 1.82) is 0 Å². The van der Waals surface area contributed by atoms with Crippen LogP contribution in [0.1, 0.15) is 13.8 Å². The number of benzene rings is 1. The zero-order valence-electron chi connectivity index (χ0n) is 12.8. The Bertz CT molecular complexity index is 396. The maximum atomic E-state index is 5.85. The topological polar surface area (TPSA) is 18.5 Å². The van der Waals surface area contributed by atoms with Crippen LogP contribution in [0, 0.1) is 0 Å². The summed E-state index contributed by atoms with van der Waals surface area (Å²) in [5, 5.41) is 1.44. The van der Waals surface area contributed by atoms with Crippen LogP contribution in [0.15, 0.2) is 41.7 Å². The zero-order valence-corrected chi connectivity index (χ0v) is 14.8. The van der Waals surface area contributed by atoms with Crippen molar-refractivity contribution in [1.82, 2.24) is 0 Å². The second kappa shape index (κ2) is 7.19. The molecule has 0 spiro atoms. The maximum absolute atomic E-state index is 5.85. The van der Waals surface area contributed by atoms with Gasteiger partial charge in [0.05, 0.1) is 0 Å². The molecule has 0 aliphatic rings. The molecule has 0 saturated carbocycles. The molecule has 0 saturated heterocycles. The Kier molecular flexibility index (Phi) is 6.19. The first-order chi connectivity index (χ1) is 8.93. The lowest BCUT2D eigenvalue weighted by molar-refractivity contribution is 0.201. The van der Waals surface area contributed by atoms with Crippen LogP contribution >= 0.6 is 0 Å². The van der Waals surface area contributed by atoms with Crippen LogP contribution in [0.4, 0.5) is 0 Å². The Balaban J connectivity index is 2.88. The first kappa shape index (κ1) is 16.4. The lowest BCUT2D eigenvalue weighted by atomic mass is 10.4. The van der Waals surface area contributed by atoms with E-state index in [1.807, 2.05) is 13.8 Å². The zero-order chi connectivity index (χ0) is 14.4. The van der Waals surface area contributed by atoms with Gasteiger partial charge in [-0.15, -0.1) is 0 Å². The fraction of sp³-hybridized carbons (Fsp3) is 0.467. The highest BCUT2D eigenvalue weighted by molar-refractivity contribution is 6.94. The molecule has 4 heteroatoms. The van der Waals surface area contributed by atoms with Crippen molar-refractivity contribution in [2.45, 2.75) is 33.5 Å². The summed E-state index contributed by atoms with van der Waals surface area (Å²) in [6, 6.07) is 10.7. The molecule has 2 nitrogen and oxygen atoms in total. The van der Waals surface area contributed by atoms with Crippen LogP contribution in [0.25, 0.3) is 0 Å². The standard InChI is InChI=1S/C15H26O2Si2/c1-6-16-19(5,17-7-2)14-13-18(3,4)15-11-9-8-10-12-15/h8-14H,6-7H2,1-5H3/b14-13+. The Morgan fingerprint density at radius 3 is 1.89 bits per heavy atom. The highest BCUT2D eigenvalue weighted by atomic mass is 28.4.